The molecule has 2 aliphatic rings. The van der Waals surface area contributed by atoms with Gasteiger partial charge in [-0.25, -0.2) is 4.99 Å². The molecule has 0 N–H and O–H groups in total. The van der Waals surface area contributed by atoms with E-state index in [0.29, 0.717) is 17.9 Å². The van der Waals surface area contributed by atoms with Gasteiger partial charge < -0.3 is 4.90 Å². The molecule has 130 valence electrons. The van der Waals surface area contributed by atoms with Gasteiger partial charge in [-0.1, -0.05) is 23.5 Å². The number of nitrogens with zero attached hydrogens (tertiary/aromatic N) is 4. The molecule has 0 amide bonds. The van der Waals surface area contributed by atoms with Crippen LogP contribution in [0.5, 0.6) is 0 Å². The molecular weight excluding hydrogens is 344 g/mol. The fourth-order valence-electron chi connectivity index (χ4n) is 3.64. The fourth-order valence-corrected chi connectivity index (χ4v) is 4.61. The molecule has 0 saturated carbocycles. The van der Waals surface area contributed by atoms with E-state index >= 15 is 0 Å². The van der Waals surface area contributed by atoms with Crippen LogP contribution in [0.1, 0.15) is 23.1 Å². The second-order valence-corrected chi connectivity index (χ2v) is 7.71. The summed E-state index contributed by atoms with van der Waals surface area (Å²) >= 11 is 1.45. The lowest BCUT2D eigenvalue weighted by molar-refractivity contribution is 0.569. The minimum absolute atomic E-state index is 0.0171. The van der Waals surface area contributed by atoms with Gasteiger partial charge in [0, 0.05) is 18.1 Å². The van der Waals surface area contributed by atoms with Crippen LogP contribution in [0.2, 0.25) is 0 Å². The summed E-state index contributed by atoms with van der Waals surface area (Å²) in [5.74, 6) is 0. The third-order valence-corrected chi connectivity index (χ3v) is 6.05. The second-order valence-electron chi connectivity index (χ2n) is 6.70. The van der Waals surface area contributed by atoms with Gasteiger partial charge >= 0.3 is 0 Å². The average molecular weight is 362 g/mol. The molecule has 3 heterocycles. The number of aryl methyl sites for hydroxylation is 2. The van der Waals surface area contributed by atoms with E-state index in [9.17, 15) is 4.79 Å². The van der Waals surface area contributed by atoms with Crippen LogP contribution < -0.4 is 19.8 Å². The van der Waals surface area contributed by atoms with Crippen molar-refractivity contribution in [3.8, 4) is 0 Å². The number of hydrogen-bond donors (Lipinski definition) is 0. The Balaban J connectivity index is 1.50. The van der Waals surface area contributed by atoms with E-state index in [1.807, 2.05) is 18.2 Å². The van der Waals surface area contributed by atoms with Crippen molar-refractivity contribution < 1.29 is 0 Å². The highest BCUT2D eigenvalue weighted by atomic mass is 32.1. The Morgan fingerprint density at radius 1 is 1.15 bits per heavy atom. The molecule has 5 nitrogen and oxygen atoms in total. The van der Waals surface area contributed by atoms with Gasteiger partial charge in [-0.05, 0) is 60.2 Å². The van der Waals surface area contributed by atoms with Crippen molar-refractivity contribution in [2.24, 2.45) is 4.99 Å². The summed E-state index contributed by atoms with van der Waals surface area (Å²) in [6.45, 7) is 1.14. The van der Waals surface area contributed by atoms with Gasteiger partial charge in [0.1, 0.15) is 13.3 Å². The third kappa shape index (κ3) is 2.66. The van der Waals surface area contributed by atoms with Crippen LogP contribution in [0.15, 0.2) is 52.5 Å². The first-order chi connectivity index (χ1) is 12.8. The van der Waals surface area contributed by atoms with Crippen molar-refractivity contribution in [1.82, 2.24) is 9.55 Å². The Morgan fingerprint density at radius 2 is 2.08 bits per heavy atom. The molecule has 3 aromatic rings. The quantitative estimate of drug-likeness (QED) is 0.697. The van der Waals surface area contributed by atoms with Gasteiger partial charge in [-0.15, -0.1) is 0 Å². The maximum absolute atomic E-state index is 12.8. The lowest BCUT2D eigenvalue weighted by Gasteiger charge is -2.26. The first-order valence-electron chi connectivity index (χ1n) is 8.80. The highest BCUT2D eigenvalue weighted by Gasteiger charge is 2.18. The van der Waals surface area contributed by atoms with Gasteiger partial charge in [0.15, 0.2) is 4.80 Å². The van der Waals surface area contributed by atoms with Crippen molar-refractivity contribution in [3.63, 3.8) is 0 Å². The lowest BCUT2D eigenvalue weighted by atomic mass is 10.1. The van der Waals surface area contributed by atoms with Gasteiger partial charge in [0.05, 0.1) is 4.53 Å². The summed E-state index contributed by atoms with van der Waals surface area (Å²) in [6, 6.07) is 10.5. The molecule has 0 fully saturated rings. The first kappa shape index (κ1) is 15.5. The molecule has 0 saturated heterocycles. The summed E-state index contributed by atoms with van der Waals surface area (Å²) in [7, 11) is 0. The van der Waals surface area contributed by atoms with Crippen LogP contribution in [0.4, 0.5) is 5.69 Å². The summed E-state index contributed by atoms with van der Waals surface area (Å²) < 4.78 is 2.47. The average Bonchev–Trinajstić information content (AvgIpc) is 3.27. The Kier molecular flexibility index (Phi) is 3.71. The van der Waals surface area contributed by atoms with Crippen molar-refractivity contribution in [3.05, 3.63) is 79.1 Å². The topological polar surface area (TPSA) is 50.5 Å². The summed E-state index contributed by atoms with van der Waals surface area (Å²) in [6.07, 6.45) is 8.96. The number of thiazole rings is 1. The number of pyridine rings is 1. The van der Waals surface area contributed by atoms with Gasteiger partial charge in [-0.2, -0.15) is 0 Å². The van der Waals surface area contributed by atoms with Gasteiger partial charge in [0.25, 0.3) is 5.56 Å². The zero-order valence-corrected chi connectivity index (χ0v) is 15.1. The zero-order chi connectivity index (χ0) is 17.5. The SMILES string of the molecule is O=c1c(=Cc2cccnc2)sc2n1CN(c1ccc3c(c1)CCC3)CN=2. The van der Waals surface area contributed by atoms with Crippen molar-refractivity contribution in [1.29, 1.82) is 0 Å². The molecule has 0 atom stereocenters. The zero-order valence-electron chi connectivity index (χ0n) is 14.3. The van der Waals surface area contributed by atoms with E-state index in [1.165, 1.54) is 35.3 Å². The Morgan fingerprint density at radius 3 is 2.96 bits per heavy atom. The Bertz CT molecular complexity index is 1150. The van der Waals surface area contributed by atoms with E-state index < -0.39 is 0 Å². The van der Waals surface area contributed by atoms with Crippen LogP contribution in [-0.2, 0) is 19.5 Å². The maximum atomic E-state index is 12.8. The summed E-state index contributed by atoms with van der Waals surface area (Å²) in [5.41, 5.74) is 5.00. The highest BCUT2D eigenvalue weighted by molar-refractivity contribution is 7.07. The molecule has 1 aliphatic carbocycles. The van der Waals surface area contributed by atoms with E-state index in [-0.39, 0.29) is 5.56 Å². The molecule has 0 unspecified atom stereocenters. The predicted molar refractivity (Wildman–Crippen MR) is 103 cm³/mol. The molecule has 2 aromatic heterocycles. The summed E-state index contributed by atoms with van der Waals surface area (Å²) in [5, 5.41) is 0. The number of aromatic nitrogens is 2. The largest absolute Gasteiger partial charge is 0.334 e. The summed E-state index contributed by atoms with van der Waals surface area (Å²) in [4.78, 5) is 24.5. The number of benzene rings is 1. The number of rotatable bonds is 2. The second kappa shape index (κ2) is 6.21. The van der Waals surface area contributed by atoms with E-state index in [2.05, 4.69) is 33.1 Å². The van der Waals surface area contributed by atoms with Crippen LogP contribution in [0, 0.1) is 0 Å². The van der Waals surface area contributed by atoms with E-state index in [0.717, 1.165) is 22.5 Å². The van der Waals surface area contributed by atoms with Crippen LogP contribution >= 0.6 is 11.3 Å². The van der Waals surface area contributed by atoms with Gasteiger partial charge in [-0.3, -0.25) is 14.3 Å². The molecule has 0 bridgehead atoms. The minimum Gasteiger partial charge on any atom is -0.334 e. The number of hydrogen-bond acceptors (Lipinski definition) is 5. The van der Waals surface area contributed by atoms with Crippen molar-refractivity contribution in [2.75, 3.05) is 11.6 Å². The third-order valence-electron chi connectivity index (χ3n) is 5.01. The molecule has 26 heavy (non-hydrogen) atoms. The number of anilines is 1. The molecular formula is C20H18N4OS. The minimum atomic E-state index is 0.0171. The molecule has 5 rings (SSSR count). The van der Waals surface area contributed by atoms with E-state index in [4.69, 9.17) is 0 Å². The molecule has 0 spiro atoms. The number of fused-ring (bicyclic) bond motifs is 2. The van der Waals surface area contributed by atoms with Crippen molar-refractivity contribution in [2.45, 2.75) is 25.9 Å². The monoisotopic (exact) mass is 362 g/mol. The molecule has 1 aliphatic heterocycles. The molecule has 1 aromatic carbocycles. The Hall–Kier alpha value is -2.73. The molecule has 0 radical (unpaired) electrons. The molecule has 6 heteroatoms. The fraction of sp³-hybridized carbons (Fsp3) is 0.250. The highest BCUT2D eigenvalue weighted by Crippen LogP contribution is 2.27. The standard InChI is InChI=1S/C20H18N4OS/c25-19-18(9-14-3-2-8-21-11-14)26-20-22-12-23(13-24(19)20)17-7-6-15-4-1-5-16(15)10-17/h2-3,6-11H,1,4-5,12-13H2. The lowest BCUT2D eigenvalue weighted by Crippen LogP contribution is -2.42. The maximum Gasteiger partial charge on any atom is 0.271 e. The van der Waals surface area contributed by atoms with Gasteiger partial charge in [0.2, 0.25) is 0 Å². The van der Waals surface area contributed by atoms with E-state index in [1.54, 1.807) is 17.0 Å². The first-order valence-corrected chi connectivity index (χ1v) is 9.62. The van der Waals surface area contributed by atoms with Crippen LogP contribution in [0.25, 0.3) is 6.08 Å². The van der Waals surface area contributed by atoms with Crippen LogP contribution in [-0.4, -0.2) is 16.2 Å². The Labute approximate surface area is 154 Å². The normalized spacial score (nSPS) is 16.3. The predicted octanol–water partition coefficient (Wildman–Crippen LogP) is 1.68. The smallest absolute Gasteiger partial charge is 0.271 e. The van der Waals surface area contributed by atoms with Crippen molar-refractivity contribution >= 4 is 23.1 Å². The van der Waals surface area contributed by atoms with Crippen LogP contribution in [0.3, 0.4) is 0 Å².